The highest BCUT2D eigenvalue weighted by molar-refractivity contribution is 5.79. The van der Waals surface area contributed by atoms with Crippen molar-refractivity contribution in [1.29, 1.82) is 0 Å². The Kier molecular flexibility index (Phi) is 4.13. The maximum atomic E-state index is 12.7. The number of rotatable bonds is 3. The van der Waals surface area contributed by atoms with Crippen LogP contribution in [0.5, 0.6) is 5.75 Å². The van der Waals surface area contributed by atoms with Crippen LogP contribution >= 0.6 is 0 Å². The molecule has 7 heteroatoms. The molecule has 0 aliphatic carbocycles. The van der Waals surface area contributed by atoms with Gasteiger partial charge in [0.25, 0.3) is 0 Å². The molecule has 1 saturated heterocycles. The van der Waals surface area contributed by atoms with Crippen LogP contribution in [0.4, 0.5) is 13.2 Å². The zero-order valence-corrected chi connectivity index (χ0v) is 11.5. The fourth-order valence-corrected chi connectivity index (χ4v) is 2.31. The topological polar surface area (TPSA) is 49.8 Å². The molecule has 1 atom stereocenters. The van der Waals surface area contributed by atoms with Gasteiger partial charge in [0.15, 0.2) is 5.60 Å². The molecule has 0 saturated carbocycles. The number of methoxy groups -OCH3 is 1. The molecule has 1 unspecified atom stereocenters. The lowest BCUT2D eigenvalue weighted by atomic mass is 10.0. The molecule has 1 amide bonds. The fourth-order valence-electron chi connectivity index (χ4n) is 2.31. The molecule has 0 aromatic heterocycles. The molecular formula is C14H16F3NO3. The normalized spacial score (nSPS) is 22.4. The number of likely N-dealkylation sites (tertiary alicyclic amines) is 1. The van der Waals surface area contributed by atoms with Gasteiger partial charge in [0.05, 0.1) is 20.1 Å². The zero-order valence-electron chi connectivity index (χ0n) is 11.5. The number of carbonyl (C=O) groups is 1. The number of ether oxygens (including phenoxy) is 1. The summed E-state index contributed by atoms with van der Waals surface area (Å²) >= 11 is 0. The molecule has 1 aromatic rings. The monoisotopic (exact) mass is 303 g/mol. The van der Waals surface area contributed by atoms with Crippen molar-refractivity contribution in [3.8, 4) is 5.75 Å². The number of hydrogen-bond donors (Lipinski definition) is 1. The minimum atomic E-state index is -4.72. The number of β-amino-alcohol motifs (C(OH)–C–C–N with tert-alkyl or cyclic N) is 1. The van der Waals surface area contributed by atoms with E-state index < -0.39 is 30.7 Å². The second-order valence-electron chi connectivity index (χ2n) is 5.12. The highest BCUT2D eigenvalue weighted by Crippen LogP contribution is 2.37. The Bertz CT molecular complexity index is 532. The first-order chi connectivity index (χ1) is 9.75. The average molecular weight is 303 g/mol. The van der Waals surface area contributed by atoms with Crippen molar-refractivity contribution in [2.45, 2.75) is 24.6 Å². The van der Waals surface area contributed by atoms with Crippen LogP contribution in [0.3, 0.4) is 0 Å². The minimum Gasteiger partial charge on any atom is -0.497 e. The van der Waals surface area contributed by atoms with Gasteiger partial charge in [-0.25, -0.2) is 0 Å². The highest BCUT2D eigenvalue weighted by atomic mass is 19.4. The molecule has 1 N–H and O–H groups in total. The quantitative estimate of drug-likeness (QED) is 0.926. The molecule has 1 aromatic carbocycles. The smallest absolute Gasteiger partial charge is 0.419 e. The van der Waals surface area contributed by atoms with Crippen molar-refractivity contribution < 1.29 is 27.8 Å². The highest BCUT2D eigenvalue weighted by Gasteiger charge is 2.57. The van der Waals surface area contributed by atoms with Crippen molar-refractivity contribution in [1.82, 2.24) is 4.90 Å². The zero-order chi connectivity index (χ0) is 15.7. The van der Waals surface area contributed by atoms with Gasteiger partial charge in [-0.2, -0.15) is 13.2 Å². The van der Waals surface area contributed by atoms with Gasteiger partial charge in [-0.1, -0.05) is 12.1 Å². The third kappa shape index (κ3) is 3.29. The third-order valence-corrected chi connectivity index (χ3v) is 3.62. The summed E-state index contributed by atoms with van der Waals surface area (Å²) in [5, 5.41) is 9.56. The van der Waals surface area contributed by atoms with Crippen molar-refractivity contribution in [3.63, 3.8) is 0 Å². The lowest BCUT2D eigenvalue weighted by molar-refractivity contribution is -0.253. The number of benzene rings is 1. The van der Waals surface area contributed by atoms with Crippen LogP contribution in [-0.4, -0.2) is 47.9 Å². The van der Waals surface area contributed by atoms with Crippen molar-refractivity contribution in [3.05, 3.63) is 29.8 Å². The number of amides is 1. The predicted molar refractivity (Wildman–Crippen MR) is 68.9 cm³/mol. The minimum absolute atomic E-state index is 0.0227. The van der Waals surface area contributed by atoms with E-state index in [-0.39, 0.29) is 13.0 Å². The summed E-state index contributed by atoms with van der Waals surface area (Å²) in [5.74, 6) is 0.136. The lowest BCUT2D eigenvalue weighted by Crippen LogP contribution is -2.48. The Morgan fingerprint density at radius 2 is 2.19 bits per heavy atom. The Hall–Kier alpha value is -1.76. The number of hydrogen-bond acceptors (Lipinski definition) is 3. The van der Waals surface area contributed by atoms with Gasteiger partial charge < -0.3 is 14.7 Å². The summed E-state index contributed by atoms with van der Waals surface area (Å²) in [6, 6.07) is 6.78. The molecule has 1 fully saturated rings. The van der Waals surface area contributed by atoms with Gasteiger partial charge in [-0.05, 0) is 17.7 Å². The van der Waals surface area contributed by atoms with Crippen molar-refractivity contribution in [2.24, 2.45) is 0 Å². The number of alkyl halides is 3. The molecule has 4 nitrogen and oxygen atoms in total. The van der Waals surface area contributed by atoms with Crippen molar-refractivity contribution in [2.75, 3.05) is 20.2 Å². The first-order valence-electron chi connectivity index (χ1n) is 6.45. The van der Waals surface area contributed by atoms with E-state index in [1.807, 2.05) is 0 Å². The Morgan fingerprint density at radius 3 is 2.76 bits per heavy atom. The molecule has 0 bridgehead atoms. The number of carbonyl (C=O) groups excluding carboxylic acids is 1. The van der Waals surface area contributed by atoms with Gasteiger partial charge >= 0.3 is 6.18 Å². The Balaban J connectivity index is 2.02. The Morgan fingerprint density at radius 1 is 1.48 bits per heavy atom. The maximum absolute atomic E-state index is 12.7. The Labute approximate surface area is 120 Å². The largest absolute Gasteiger partial charge is 0.497 e. The van der Waals surface area contributed by atoms with E-state index >= 15 is 0 Å². The molecule has 1 heterocycles. The predicted octanol–water partition coefficient (Wildman–Crippen LogP) is 1.76. The molecule has 0 spiro atoms. The van der Waals surface area contributed by atoms with Gasteiger partial charge in [0.1, 0.15) is 5.75 Å². The molecule has 1 aliphatic heterocycles. The summed E-state index contributed by atoms with van der Waals surface area (Å²) < 4.78 is 43.1. The van der Waals surface area contributed by atoms with E-state index in [1.165, 1.54) is 7.11 Å². The van der Waals surface area contributed by atoms with Crippen LogP contribution in [0, 0.1) is 0 Å². The first kappa shape index (κ1) is 15.6. The second-order valence-corrected chi connectivity index (χ2v) is 5.12. The van der Waals surface area contributed by atoms with E-state index in [0.717, 1.165) is 4.90 Å². The second kappa shape index (κ2) is 5.55. The van der Waals surface area contributed by atoms with Gasteiger partial charge in [-0.15, -0.1) is 0 Å². The van der Waals surface area contributed by atoms with Crippen LogP contribution < -0.4 is 4.74 Å². The number of aliphatic hydroxyl groups is 1. The average Bonchev–Trinajstić information content (AvgIpc) is 2.83. The first-order valence-corrected chi connectivity index (χ1v) is 6.45. The summed E-state index contributed by atoms with van der Waals surface area (Å²) in [5.41, 5.74) is -2.14. The van der Waals surface area contributed by atoms with Crippen LogP contribution in [0.25, 0.3) is 0 Å². The van der Waals surface area contributed by atoms with Crippen LogP contribution in [0.2, 0.25) is 0 Å². The van der Waals surface area contributed by atoms with Gasteiger partial charge in [-0.3, -0.25) is 4.79 Å². The maximum Gasteiger partial charge on any atom is 0.419 e. The van der Waals surface area contributed by atoms with Crippen LogP contribution in [-0.2, 0) is 11.2 Å². The summed E-state index contributed by atoms with van der Waals surface area (Å²) in [6.45, 7) is -0.807. The summed E-state index contributed by atoms with van der Waals surface area (Å²) in [7, 11) is 1.49. The number of halogens is 3. The molecule has 0 radical (unpaired) electrons. The molecule has 21 heavy (non-hydrogen) atoms. The fraction of sp³-hybridized carbons (Fsp3) is 0.500. The van der Waals surface area contributed by atoms with E-state index in [0.29, 0.717) is 11.3 Å². The van der Waals surface area contributed by atoms with Gasteiger partial charge in [0.2, 0.25) is 5.91 Å². The van der Waals surface area contributed by atoms with E-state index in [9.17, 15) is 23.1 Å². The van der Waals surface area contributed by atoms with Crippen LogP contribution in [0.15, 0.2) is 24.3 Å². The van der Waals surface area contributed by atoms with Crippen molar-refractivity contribution >= 4 is 5.91 Å². The SMILES string of the molecule is COc1cccc(CC(=O)N2CCC(O)(C(F)(F)F)C2)c1. The molecule has 2 rings (SSSR count). The standard InChI is InChI=1S/C14H16F3NO3/c1-21-11-4-2-3-10(7-11)8-12(19)18-6-5-13(20,9-18)14(15,16)17/h2-4,7,20H,5-6,8-9H2,1H3. The molecule has 116 valence electrons. The third-order valence-electron chi connectivity index (χ3n) is 3.62. The van der Waals surface area contributed by atoms with E-state index in [4.69, 9.17) is 4.74 Å². The molecule has 1 aliphatic rings. The number of nitrogens with zero attached hydrogens (tertiary/aromatic N) is 1. The molecular weight excluding hydrogens is 287 g/mol. The summed E-state index contributed by atoms with van der Waals surface area (Å²) in [6.07, 6.45) is -5.23. The van der Waals surface area contributed by atoms with Gasteiger partial charge in [0, 0.05) is 13.0 Å². The summed E-state index contributed by atoms with van der Waals surface area (Å²) in [4.78, 5) is 13.1. The van der Waals surface area contributed by atoms with E-state index in [1.54, 1.807) is 24.3 Å². The lowest BCUT2D eigenvalue weighted by Gasteiger charge is -2.25. The van der Waals surface area contributed by atoms with Crippen LogP contribution in [0.1, 0.15) is 12.0 Å². The van der Waals surface area contributed by atoms with E-state index in [2.05, 4.69) is 0 Å².